The summed E-state index contributed by atoms with van der Waals surface area (Å²) in [5.41, 5.74) is 2.76. The summed E-state index contributed by atoms with van der Waals surface area (Å²) in [5.74, 6) is 0.816. The minimum Gasteiger partial charge on any atom is -0.321 e. The summed E-state index contributed by atoms with van der Waals surface area (Å²) in [4.78, 5) is 32.9. The molecular weight excluding hydrogens is 426 g/mol. The Morgan fingerprint density at radius 3 is 1.94 bits per heavy atom. The lowest BCUT2D eigenvalue weighted by Gasteiger charge is -2.23. The maximum Gasteiger partial charge on any atom is 0.332 e. The molecule has 0 aliphatic heterocycles. The fourth-order valence-electron chi connectivity index (χ4n) is 4.42. The van der Waals surface area contributed by atoms with Crippen LogP contribution in [-0.4, -0.2) is 23.6 Å². The molecule has 0 atom stereocenters. The first-order chi connectivity index (χ1) is 16.5. The number of hydrogen-bond donors (Lipinski definition) is 0. The van der Waals surface area contributed by atoms with E-state index in [0.717, 1.165) is 38.2 Å². The molecule has 0 saturated carbocycles. The van der Waals surface area contributed by atoms with Crippen molar-refractivity contribution >= 4 is 11.2 Å². The minimum atomic E-state index is -0.354. The molecule has 0 amide bonds. The van der Waals surface area contributed by atoms with E-state index in [4.69, 9.17) is 4.98 Å². The van der Waals surface area contributed by atoms with Gasteiger partial charge in [0.1, 0.15) is 5.82 Å². The van der Waals surface area contributed by atoms with Gasteiger partial charge in [-0.05, 0) is 17.5 Å². The van der Waals surface area contributed by atoms with Gasteiger partial charge >= 0.3 is 5.69 Å². The molecular formula is C27H33N5O2. The summed E-state index contributed by atoms with van der Waals surface area (Å²) in [6.07, 6.45) is 3.12. The summed E-state index contributed by atoms with van der Waals surface area (Å²) in [6, 6.07) is 20.8. The maximum atomic E-state index is 13.1. The zero-order chi connectivity index (χ0) is 24.1. The predicted molar refractivity (Wildman–Crippen MR) is 136 cm³/mol. The van der Waals surface area contributed by atoms with Gasteiger partial charge in [0.2, 0.25) is 0 Å². The number of hydrogen-bond acceptors (Lipinski definition) is 4. The zero-order valence-electron chi connectivity index (χ0n) is 20.3. The molecule has 178 valence electrons. The number of benzene rings is 2. The van der Waals surface area contributed by atoms with Gasteiger partial charge in [-0.15, -0.1) is 0 Å². The van der Waals surface area contributed by atoms with Crippen molar-refractivity contribution in [2.24, 2.45) is 14.1 Å². The smallest absolute Gasteiger partial charge is 0.321 e. The van der Waals surface area contributed by atoms with E-state index >= 15 is 0 Å². The van der Waals surface area contributed by atoms with E-state index in [1.165, 1.54) is 27.3 Å². The van der Waals surface area contributed by atoms with Crippen LogP contribution in [-0.2, 0) is 40.3 Å². The van der Waals surface area contributed by atoms with Crippen molar-refractivity contribution in [2.45, 2.75) is 52.4 Å². The van der Waals surface area contributed by atoms with Crippen molar-refractivity contribution in [1.29, 1.82) is 0 Å². The molecule has 0 N–H and O–H groups in total. The first-order valence-corrected chi connectivity index (χ1v) is 11.9. The lowest BCUT2D eigenvalue weighted by Crippen LogP contribution is -2.37. The summed E-state index contributed by atoms with van der Waals surface area (Å²) in [7, 11) is 3.22. The van der Waals surface area contributed by atoms with Crippen LogP contribution >= 0.6 is 0 Å². The highest BCUT2D eigenvalue weighted by Crippen LogP contribution is 2.18. The fraction of sp³-hybridized carbons (Fsp3) is 0.370. The van der Waals surface area contributed by atoms with Crippen molar-refractivity contribution in [3.8, 4) is 0 Å². The Morgan fingerprint density at radius 1 is 0.794 bits per heavy atom. The lowest BCUT2D eigenvalue weighted by molar-refractivity contribution is 0.238. The molecule has 0 aliphatic rings. The van der Waals surface area contributed by atoms with Gasteiger partial charge in [-0.1, -0.05) is 80.4 Å². The van der Waals surface area contributed by atoms with Crippen LogP contribution < -0.4 is 11.2 Å². The van der Waals surface area contributed by atoms with E-state index in [9.17, 15) is 9.59 Å². The van der Waals surface area contributed by atoms with E-state index in [1.807, 2.05) is 16.7 Å². The van der Waals surface area contributed by atoms with Gasteiger partial charge in [0.25, 0.3) is 5.56 Å². The highest BCUT2D eigenvalue weighted by atomic mass is 16.2. The van der Waals surface area contributed by atoms with Gasteiger partial charge in [0, 0.05) is 33.7 Å². The minimum absolute atomic E-state index is 0.286. The van der Waals surface area contributed by atoms with Gasteiger partial charge < -0.3 is 4.57 Å². The van der Waals surface area contributed by atoms with Crippen LogP contribution in [0.2, 0.25) is 0 Å². The average molecular weight is 460 g/mol. The molecule has 4 aromatic rings. The average Bonchev–Trinajstić information content (AvgIpc) is 3.21. The summed E-state index contributed by atoms with van der Waals surface area (Å²) < 4.78 is 4.70. The number of unbranched alkanes of at least 4 members (excludes halogenated alkanes) is 2. The third-order valence-corrected chi connectivity index (χ3v) is 6.28. The number of aromatic nitrogens is 4. The quantitative estimate of drug-likeness (QED) is 0.338. The Morgan fingerprint density at radius 2 is 1.38 bits per heavy atom. The van der Waals surface area contributed by atoms with Crippen LogP contribution in [0.3, 0.4) is 0 Å². The second-order valence-electron chi connectivity index (χ2n) is 8.88. The third kappa shape index (κ3) is 5.04. The first-order valence-electron chi connectivity index (χ1n) is 11.9. The lowest BCUT2D eigenvalue weighted by atomic mass is 10.1. The molecule has 2 heterocycles. The molecule has 7 nitrogen and oxygen atoms in total. The Kier molecular flexibility index (Phi) is 7.43. The SMILES string of the molecule is CCCCCn1c(CN(Cc2ccccc2)Cc2ccccc2)nc2c1c(=O)n(C)c(=O)n2C. The number of nitrogens with zero attached hydrogens (tertiary/aromatic N) is 5. The number of rotatable bonds is 10. The zero-order valence-corrected chi connectivity index (χ0v) is 20.3. The predicted octanol–water partition coefficient (Wildman–Crippen LogP) is 3.83. The van der Waals surface area contributed by atoms with E-state index in [2.05, 4.69) is 60.4 Å². The Balaban J connectivity index is 1.77. The molecule has 0 aliphatic carbocycles. The Labute approximate surface area is 199 Å². The molecule has 0 saturated heterocycles. The fourth-order valence-corrected chi connectivity index (χ4v) is 4.42. The van der Waals surface area contributed by atoms with Crippen LogP contribution in [0.4, 0.5) is 0 Å². The van der Waals surface area contributed by atoms with E-state index in [0.29, 0.717) is 24.3 Å². The highest BCUT2D eigenvalue weighted by molar-refractivity contribution is 5.71. The molecule has 2 aromatic heterocycles. The molecule has 7 heteroatoms. The van der Waals surface area contributed by atoms with Gasteiger partial charge in [0.15, 0.2) is 11.2 Å². The van der Waals surface area contributed by atoms with Crippen molar-refractivity contribution in [3.05, 3.63) is 98.5 Å². The maximum absolute atomic E-state index is 13.1. The van der Waals surface area contributed by atoms with Crippen LogP contribution in [0.1, 0.15) is 43.1 Å². The first kappa shape index (κ1) is 23.7. The topological polar surface area (TPSA) is 65.1 Å². The summed E-state index contributed by atoms with van der Waals surface area (Å²) in [5, 5.41) is 0. The standard InChI is InChI=1S/C27H33N5O2/c1-4-5-12-17-32-23(28-25-24(32)26(33)30(3)27(34)29(25)2)20-31(18-21-13-8-6-9-14-21)19-22-15-10-7-11-16-22/h6-11,13-16H,4-5,12,17-20H2,1-3H3. The van der Waals surface area contributed by atoms with E-state index in [1.54, 1.807) is 7.05 Å². The van der Waals surface area contributed by atoms with Crippen LogP contribution in [0.25, 0.3) is 11.2 Å². The van der Waals surface area contributed by atoms with Crippen LogP contribution in [0.5, 0.6) is 0 Å². The number of aryl methyl sites for hydroxylation is 2. The third-order valence-electron chi connectivity index (χ3n) is 6.28. The molecule has 2 aromatic carbocycles. The van der Waals surface area contributed by atoms with E-state index in [-0.39, 0.29) is 11.2 Å². The molecule has 0 spiro atoms. The molecule has 4 rings (SSSR count). The van der Waals surface area contributed by atoms with E-state index < -0.39 is 0 Å². The van der Waals surface area contributed by atoms with Crippen LogP contribution in [0.15, 0.2) is 70.3 Å². The summed E-state index contributed by atoms with van der Waals surface area (Å²) in [6.45, 7) is 4.95. The van der Waals surface area contributed by atoms with Gasteiger partial charge in [-0.25, -0.2) is 9.78 Å². The Bertz CT molecular complexity index is 1310. The monoisotopic (exact) mass is 459 g/mol. The number of imidazole rings is 1. The highest BCUT2D eigenvalue weighted by Gasteiger charge is 2.21. The molecule has 0 bridgehead atoms. The number of fused-ring (bicyclic) bond motifs is 1. The second kappa shape index (κ2) is 10.7. The molecule has 0 unspecified atom stereocenters. The van der Waals surface area contributed by atoms with Gasteiger partial charge in [-0.3, -0.25) is 18.8 Å². The van der Waals surface area contributed by atoms with Crippen LogP contribution in [0, 0.1) is 0 Å². The Hall–Kier alpha value is -3.45. The van der Waals surface area contributed by atoms with Crippen molar-refractivity contribution in [1.82, 2.24) is 23.6 Å². The van der Waals surface area contributed by atoms with Gasteiger partial charge in [0.05, 0.1) is 6.54 Å². The second-order valence-corrected chi connectivity index (χ2v) is 8.88. The largest absolute Gasteiger partial charge is 0.332 e. The van der Waals surface area contributed by atoms with Crippen molar-refractivity contribution in [2.75, 3.05) is 0 Å². The molecule has 34 heavy (non-hydrogen) atoms. The van der Waals surface area contributed by atoms with Gasteiger partial charge in [-0.2, -0.15) is 0 Å². The molecule has 0 radical (unpaired) electrons. The summed E-state index contributed by atoms with van der Waals surface area (Å²) >= 11 is 0. The van der Waals surface area contributed by atoms with Crippen molar-refractivity contribution in [3.63, 3.8) is 0 Å². The normalized spacial score (nSPS) is 11.5. The van der Waals surface area contributed by atoms with Crippen molar-refractivity contribution < 1.29 is 0 Å². The molecule has 0 fully saturated rings.